The van der Waals surface area contributed by atoms with Crippen LogP contribution in [0.2, 0.25) is 5.02 Å². The van der Waals surface area contributed by atoms with Gasteiger partial charge in [0.15, 0.2) is 6.61 Å². The average molecular weight is 858 g/mol. The number of halogens is 4. The molecule has 5 N–H and O–H groups in total. The largest absolute Gasteiger partial charge is 0.467 e. The first-order valence-electron chi connectivity index (χ1n) is 19.0. The molecule has 1 aliphatic heterocycles. The zero-order valence-corrected chi connectivity index (χ0v) is 33.3. The molecule has 19 heteroatoms. The van der Waals surface area contributed by atoms with Crippen molar-refractivity contribution in [2.45, 2.75) is 50.1 Å². The molecule has 7 rings (SSSR count). The van der Waals surface area contributed by atoms with Crippen molar-refractivity contribution in [2.24, 2.45) is 0 Å². The molecule has 4 aromatic carbocycles. The molecule has 3 amide bonds. The van der Waals surface area contributed by atoms with Crippen LogP contribution < -0.4 is 36.2 Å². The summed E-state index contributed by atoms with van der Waals surface area (Å²) in [5.74, 6) is -3.45. The van der Waals surface area contributed by atoms with E-state index < -0.39 is 54.1 Å². The van der Waals surface area contributed by atoms with E-state index in [9.17, 15) is 32.3 Å². The van der Waals surface area contributed by atoms with Crippen LogP contribution in [0.3, 0.4) is 0 Å². The molecule has 2 aliphatic rings. The molecule has 1 aromatic heterocycles. The fraction of sp³-hybridized carbons (Fsp3) is 0.262. The summed E-state index contributed by atoms with van der Waals surface area (Å²) in [5, 5.41) is 14.2. The Morgan fingerprint density at radius 1 is 0.820 bits per heavy atom. The Balaban J connectivity index is 0.919. The van der Waals surface area contributed by atoms with E-state index in [4.69, 9.17) is 21.1 Å². The van der Waals surface area contributed by atoms with Crippen LogP contribution in [-0.4, -0.2) is 71.1 Å². The van der Waals surface area contributed by atoms with Crippen LogP contribution in [0.4, 0.5) is 42.1 Å². The number of nitrogens with one attached hydrogen (secondary N) is 5. The van der Waals surface area contributed by atoms with Crippen molar-refractivity contribution >= 4 is 64.3 Å². The number of methoxy groups -OCH3 is 1. The highest BCUT2D eigenvalue weighted by atomic mass is 35.5. The van der Waals surface area contributed by atoms with Gasteiger partial charge >= 0.3 is 30.0 Å². The molecule has 2 heterocycles. The summed E-state index contributed by atoms with van der Waals surface area (Å²) in [5.41, 5.74) is 4.73. The highest BCUT2D eigenvalue weighted by Gasteiger charge is 2.45. The van der Waals surface area contributed by atoms with Crippen LogP contribution in [-0.2, 0) is 37.7 Å². The van der Waals surface area contributed by atoms with Gasteiger partial charge in [-0.3, -0.25) is 14.4 Å². The fourth-order valence-corrected chi connectivity index (χ4v) is 6.74. The molecule has 0 spiro atoms. The zero-order valence-electron chi connectivity index (χ0n) is 32.5. The highest BCUT2D eigenvalue weighted by Crippen LogP contribution is 2.48. The first-order valence-corrected chi connectivity index (χ1v) is 19.4. The molecule has 61 heavy (non-hydrogen) atoms. The SMILES string of the molecule is COC(=O)[C@H](CCNC(=O)C(=O)Nc1ccc(N2Cc3ccccc3C2)cc1)NC(=O)c1ccc(Nc2nc(NC3(c4ccc(Cl)cc4)CC3)nc(OCC(F)(F)F)n2)cc1. The summed E-state index contributed by atoms with van der Waals surface area (Å²) >= 11 is 6.04. The minimum absolute atomic E-state index is 0.0291. The van der Waals surface area contributed by atoms with Gasteiger partial charge in [0.2, 0.25) is 11.9 Å². The molecule has 5 aromatic rings. The number of carbonyl (C=O) groups is 4. The molecule has 316 valence electrons. The van der Waals surface area contributed by atoms with E-state index in [1.807, 2.05) is 36.4 Å². The van der Waals surface area contributed by atoms with Crippen molar-refractivity contribution in [3.8, 4) is 6.01 Å². The summed E-state index contributed by atoms with van der Waals surface area (Å²) in [6.45, 7) is -0.228. The normalized spacial score (nSPS) is 14.2. The lowest BCUT2D eigenvalue weighted by atomic mass is 10.1. The number of aromatic nitrogens is 3. The standard InChI is InChI=1S/C42H39ClF3N9O6/c1-60-37(59)33(18-21-47-35(57)36(58)48-30-14-16-32(17-15-30)55-22-26-4-2-3-5-27(26)23-55)50-34(56)25-6-12-31(13-7-25)49-38-51-39(53-40(52-38)61-24-42(44,45)46)54-41(19-20-41)28-8-10-29(43)11-9-28/h2-17,33H,18-24H2,1H3,(H,47,57)(H,48,58)(H,50,56)(H2,49,51,52,53,54)/t33-/m0/s1. The van der Waals surface area contributed by atoms with Gasteiger partial charge in [0.1, 0.15) is 6.04 Å². The first-order chi connectivity index (χ1) is 29.3. The molecule has 15 nitrogen and oxygen atoms in total. The molecule has 0 radical (unpaired) electrons. The monoisotopic (exact) mass is 857 g/mol. The van der Waals surface area contributed by atoms with E-state index in [1.54, 1.807) is 24.3 Å². The highest BCUT2D eigenvalue weighted by molar-refractivity contribution is 6.39. The van der Waals surface area contributed by atoms with Gasteiger partial charge in [0, 0.05) is 47.3 Å². The number of alkyl halides is 3. The number of ether oxygens (including phenoxy) is 2. The topological polar surface area (TPSA) is 189 Å². The summed E-state index contributed by atoms with van der Waals surface area (Å²) in [4.78, 5) is 65.6. The van der Waals surface area contributed by atoms with Crippen molar-refractivity contribution in [1.29, 1.82) is 0 Å². The molecule has 1 fully saturated rings. The predicted octanol–water partition coefficient (Wildman–Crippen LogP) is 6.25. The number of carbonyl (C=O) groups excluding carboxylic acids is 4. The van der Waals surface area contributed by atoms with Gasteiger partial charge in [-0.1, -0.05) is 48.0 Å². The van der Waals surface area contributed by atoms with Gasteiger partial charge < -0.3 is 41.0 Å². The Morgan fingerprint density at radius 3 is 2.08 bits per heavy atom. The van der Waals surface area contributed by atoms with Crippen molar-refractivity contribution in [3.05, 3.63) is 124 Å². The minimum Gasteiger partial charge on any atom is -0.467 e. The van der Waals surface area contributed by atoms with Crippen LogP contribution in [0.15, 0.2) is 97.1 Å². The molecule has 0 bridgehead atoms. The molecule has 0 unspecified atom stereocenters. The number of esters is 1. The number of benzene rings is 4. The van der Waals surface area contributed by atoms with Crippen LogP contribution in [0, 0.1) is 0 Å². The van der Waals surface area contributed by atoms with E-state index in [0.717, 1.165) is 31.5 Å². The van der Waals surface area contributed by atoms with Crippen molar-refractivity contribution in [3.63, 3.8) is 0 Å². The fourth-order valence-electron chi connectivity index (χ4n) is 6.61. The Hall–Kier alpha value is -6.95. The third-order valence-electron chi connectivity index (χ3n) is 9.93. The number of hydrogen-bond donors (Lipinski definition) is 5. The first kappa shape index (κ1) is 42.2. The molecular formula is C42H39ClF3N9O6. The Kier molecular flexibility index (Phi) is 12.5. The number of anilines is 5. The van der Waals surface area contributed by atoms with Gasteiger partial charge in [0.25, 0.3) is 5.91 Å². The lowest BCUT2D eigenvalue weighted by Crippen LogP contribution is -2.44. The second-order valence-corrected chi connectivity index (χ2v) is 14.7. The van der Waals surface area contributed by atoms with E-state index in [1.165, 1.54) is 35.4 Å². The Labute approximate surface area is 352 Å². The molecule has 1 saturated carbocycles. The Morgan fingerprint density at radius 2 is 1.46 bits per heavy atom. The average Bonchev–Trinajstić information content (AvgIpc) is 3.89. The Bertz CT molecular complexity index is 2380. The summed E-state index contributed by atoms with van der Waals surface area (Å²) in [6, 6.07) is 26.5. The summed E-state index contributed by atoms with van der Waals surface area (Å²) in [7, 11) is 1.14. The summed E-state index contributed by atoms with van der Waals surface area (Å²) < 4.78 is 48.7. The lowest BCUT2D eigenvalue weighted by Gasteiger charge is -2.19. The smallest absolute Gasteiger partial charge is 0.422 e. The van der Waals surface area contributed by atoms with Crippen molar-refractivity contribution < 1.29 is 41.8 Å². The second kappa shape index (κ2) is 18.1. The second-order valence-electron chi connectivity index (χ2n) is 14.3. The number of hydrogen-bond acceptors (Lipinski definition) is 12. The number of rotatable bonds is 15. The third-order valence-corrected chi connectivity index (χ3v) is 10.2. The van der Waals surface area contributed by atoms with Gasteiger partial charge in [-0.05, 0) is 96.6 Å². The maximum atomic E-state index is 13.2. The lowest BCUT2D eigenvalue weighted by molar-refractivity contribution is -0.154. The van der Waals surface area contributed by atoms with Crippen LogP contribution >= 0.6 is 11.6 Å². The predicted molar refractivity (Wildman–Crippen MR) is 219 cm³/mol. The van der Waals surface area contributed by atoms with Gasteiger partial charge in [0.05, 0.1) is 12.6 Å². The van der Waals surface area contributed by atoms with E-state index in [0.29, 0.717) is 29.2 Å². The molecular weight excluding hydrogens is 819 g/mol. The van der Waals surface area contributed by atoms with Gasteiger partial charge in [-0.15, -0.1) is 0 Å². The van der Waals surface area contributed by atoms with E-state index in [-0.39, 0.29) is 30.4 Å². The molecule has 1 aliphatic carbocycles. The molecule has 0 saturated heterocycles. The number of nitrogens with zero attached hydrogens (tertiary/aromatic N) is 4. The maximum Gasteiger partial charge on any atom is 0.422 e. The maximum absolute atomic E-state index is 13.2. The zero-order chi connectivity index (χ0) is 43.1. The van der Waals surface area contributed by atoms with Crippen LogP contribution in [0.5, 0.6) is 6.01 Å². The molecule has 1 atom stereocenters. The van der Waals surface area contributed by atoms with Crippen molar-refractivity contribution in [2.75, 3.05) is 41.1 Å². The van der Waals surface area contributed by atoms with Crippen LogP contribution in [0.25, 0.3) is 0 Å². The quantitative estimate of drug-likeness (QED) is 0.0590. The number of fused-ring (bicyclic) bond motifs is 1. The van der Waals surface area contributed by atoms with Crippen molar-refractivity contribution in [1.82, 2.24) is 25.6 Å². The van der Waals surface area contributed by atoms with Gasteiger partial charge in [-0.2, -0.15) is 28.1 Å². The van der Waals surface area contributed by atoms with E-state index in [2.05, 4.69) is 58.6 Å². The number of amides is 3. The van der Waals surface area contributed by atoms with Gasteiger partial charge in [-0.25, -0.2) is 4.79 Å². The van der Waals surface area contributed by atoms with Crippen LogP contribution in [0.1, 0.15) is 46.3 Å². The summed E-state index contributed by atoms with van der Waals surface area (Å²) in [6.07, 6.45) is -3.32. The minimum atomic E-state index is -4.64. The third kappa shape index (κ3) is 11.0. The van der Waals surface area contributed by atoms with E-state index >= 15 is 0 Å².